The molecule has 1 heterocycles. The van der Waals surface area contributed by atoms with Crippen molar-refractivity contribution in [3.63, 3.8) is 0 Å². The summed E-state index contributed by atoms with van der Waals surface area (Å²) in [5.74, 6) is -1.33. The summed E-state index contributed by atoms with van der Waals surface area (Å²) < 4.78 is 30.1. The highest BCUT2D eigenvalue weighted by Gasteiger charge is 2.07. The molecule has 0 aliphatic carbocycles. The molecule has 0 saturated carbocycles. The second-order valence-electron chi connectivity index (χ2n) is 2.67. The van der Waals surface area contributed by atoms with Crippen LogP contribution in [-0.2, 0) is 0 Å². The van der Waals surface area contributed by atoms with Crippen LogP contribution in [0.1, 0.15) is 0 Å². The first-order chi connectivity index (χ1) is 6.65. The van der Waals surface area contributed by atoms with E-state index in [2.05, 4.69) is 9.68 Å². The summed E-state index contributed by atoms with van der Waals surface area (Å²) in [6.45, 7) is 0. The quantitative estimate of drug-likeness (QED) is 0.730. The number of hydrogen-bond acceptors (Lipinski definition) is 2. The van der Waals surface area contributed by atoms with Crippen molar-refractivity contribution in [2.24, 2.45) is 0 Å². The van der Waals surface area contributed by atoms with Gasteiger partial charge in [-0.05, 0) is 23.7 Å². The predicted molar refractivity (Wildman–Crippen MR) is 46.9 cm³/mol. The van der Waals surface area contributed by atoms with Gasteiger partial charge in [-0.15, -0.1) is 0 Å². The van der Waals surface area contributed by atoms with Gasteiger partial charge in [0, 0.05) is 17.7 Å². The summed E-state index contributed by atoms with van der Waals surface area (Å²) in [5.41, 5.74) is 0.589. The van der Waals surface area contributed by atoms with E-state index in [1.54, 1.807) is 0 Å². The summed E-state index contributed by atoms with van der Waals surface area (Å²) >= 11 is 5.47. The number of aromatic nitrogens is 1. The summed E-state index contributed by atoms with van der Waals surface area (Å²) in [5, 5.41) is 3.60. The fourth-order valence-electron chi connectivity index (χ4n) is 1.09. The standard InChI is InChI=1S/C9H4ClF2NO/c10-9-4-8(13-14-9)5-1-6(11)3-7(12)2-5/h1-4H. The SMILES string of the molecule is Fc1cc(F)cc(-c2cc(Cl)on2)c1. The number of hydrogen-bond donors (Lipinski definition) is 0. The Morgan fingerprint density at radius 3 is 2.21 bits per heavy atom. The number of halogens is 3. The van der Waals surface area contributed by atoms with E-state index in [1.165, 1.54) is 6.07 Å². The highest BCUT2D eigenvalue weighted by molar-refractivity contribution is 6.29. The Hall–Kier alpha value is -1.42. The van der Waals surface area contributed by atoms with E-state index < -0.39 is 11.6 Å². The summed E-state index contributed by atoms with van der Waals surface area (Å²) in [4.78, 5) is 0. The first-order valence-electron chi connectivity index (χ1n) is 3.74. The Balaban J connectivity index is 2.51. The maximum absolute atomic E-state index is 12.8. The Labute approximate surface area is 83.1 Å². The molecule has 72 valence electrons. The zero-order chi connectivity index (χ0) is 10.1. The minimum absolute atomic E-state index is 0.0738. The second kappa shape index (κ2) is 3.38. The molecule has 0 N–H and O–H groups in total. The fraction of sp³-hybridized carbons (Fsp3) is 0. The molecule has 14 heavy (non-hydrogen) atoms. The molecule has 0 aliphatic heterocycles. The molecule has 1 aromatic heterocycles. The van der Waals surface area contributed by atoms with Crippen molar-refractivity contribution >= 4 is 11.6 Å². The summed E-state index contributed by atoms with van der Waals surface area (Å²) in [6.07, 6.45) is 0. The third-order valence-corrected chi connectivity index (χ3v) is 1.82. The van der Waals surface area contributed by atoms with Gasteiger partial charge in [0.1, 0.15) is 17.3 Å². The van der Waals surface area contributed by atoms with Crippen molar-refractivity contribution in [1.29, 1.82) is 0 Å². The van der Waals surface area contributed by atoms with Crippen LogP contribution >= 0.6 is 11.6 Å². The predicted octanol–water partition coefficient (Wildman–Crippen LogP) is 3.27. The first kappa shape index (κ1) is 9.15. The number of nitrogens with zero attached hydrogens (tertiary/aromatic N) is 1. The van der Waals surface area contributed by atoms with Gasteiger partial charge < -0.3 is 4.52 Å². The molecule has 0 radical (unpaired) electrons. The van der Waals surface area contributed by atoms with Gasteiger partial charge in [-0.2, -0.15) is 0 Å². The van der Waals surface area contributed by atoms with Crippen molar-refractivity contribution in [3.05, 3.63) is 41.1 Å². The van der Waals surface area contributed by atoms with Crippen LogP contribution in [0.2, 0.25) is 5.22 Å². The van der Waals surface area contributed by atoms with E-state index in [0.29, 0.717) is 5.69 Å². The Morgan fingerprint density at radius 2 is 1.71 bits per heavy atom. The normalized spacial score (nSPS) is 10.5. The first-order valence-corrected chi connectivity index (χ1v) is 4.11. The van der Waals surface area contributed by atoms with Crippen LogP contribution in [0.25, 0.3) is 11.3 Å². The average Bonchev–Trinajstić information content (AvgIpc) is 2.50. The van der Waals surface area contributed by atoms with Crippen LogP contribution in [0.3, 0.4) is 0 Å². The monoisotopic (exact) mass is 215 g/mol. The van der Waals surface area contributed by atoms with Crippen LogP contribution in [0, 0.1) is 11.6 Å². The average molecular weight is 216 g/mol. The van der Waals surface area contributed by atoms with E-state index in [9.17, 15) is 8.78 Å². The second-order valence-corrected chi connectivity index (χ2v) is 3.05. The molecule has 2 rings (SSSR count). The van der Waals surface area contributed by atoms with E-state index in [-0.39, 0.29) is 10.8 Å². The lowest BCUT2D eigenvalue weighted by molar-refractivity contribution is 0.424. The van der Waals surface area contributed by atoms with E-state index in [4.69, 9.17) is 11.6 Å². The molecule has 0 fully saturated rings. The van der Waals surface area contributed by atoms with Gasteiger partial charge in [-0.3, -0.25) is 0 Å². The van der Waals surface area contributed by atoms with Gasteiger partial charge in [-0.25, -0.2) is 8.78 Å². The van der Waals surface area contributed by atoms with Crippen molar-refractivity contribution in [2.45, 2.75) is 0 Å². The van der Waals surface area contributed by atoms with Crippen LogP contribution in [0.15, 0.2) is 28.8 Å². The molecule has 2 aromatic rings. The Bertz CT molecular complexity index is 449. The van der Waals surface area contributed by atoms with Crippen LogP contribution in [0.4, 0.5) is 8.78 Å². The van der Waals surface area contributed by atoms with Crippen LogP contribution in [-0.4, -0.2) is 5.16 Å². The van der Waals surface area contributed by atoms with Gasteiger partial charge >= 0.3 is 0 Å². The molecule has 0 spiro atoms. The van der Waals surface area contributed by atoms with E-state index in [1.807, 2.05) is 0 Å². The molecule has 0 bridgehead atoms. The molecule has 0 atom stereocenters. The molecular weight excluding hydrogens is 212 g/mol. The van der Waals surface area contributed by atoms with E-state index >= 15 is 0 Å². The lowest BCUT2D eigenvalue weighted by Gasteiger charge is -1.95. The molecule has 2 nitrogen and oxygen atoms in total. The topological polar surface area (TPSA) is 26.0 Å². The number of benzene rings is 1. The summed E-state index contributed by atoms with van der Waals surface area (Å²) in [6, 6.07) is 4.47. The van der Waals surface area contributed by atoms with Gasteiger partial charge in [-0.1, -0.05) is 5.16 Å². The Kier molecular flexibility index (Phi) is 2.21. The maximum Gasteiger partial charge on any atom is 0.226 e. The zero-order valence-electron chi connectivity index (χ0n) is 6.80. The van der Waals surface area contributed by atoms with Gasteiger partial charge in [0.25, 0.3) is 0 Å². The third kappa shape index (κ3) is 1.75. The third-order valence-electron chi connectivity index (χ3n) is 1.64. The maximum atomic E-state index is 12.8. The minimum Gasteiger partial charge on any atom is -0.344 e. The fourth-order valence-corrected chi connectivity index (χ4v) is 1.23. The van der Waals surface area contributed by atoms with Crippen molar-refractivity contribution in [1.82, 2.24) is 5.16 Å². The zero-order valence-corrected chi connectivity index (χ0v) is 7.55. The van der Waals surface area contributed by atoms with Crippen LogP contribution in [0.5, 0.6) is 0 Å². The lowest BCUT2D eigenvalue weighted by Crippen LogP contribution is -1.83. The minimum atomic E-state index is -0.667. The van der Waals surface area contributed by atoms with Crippen LogP contribution < -0.4 is 0 Å². The van der Waals surface area contributed by atoms with Gasteiger partial charge in [0.05, 0.1) is 0 Å². The van der Waals surface area contributed by atoms with Crippen molar-refractivity contribution < 1.29 is 13.3 Å². The molecule has 0 unspecified atom stereocenters. The van der Waals surface area contributed by atoms with Crippen molar-refractivity contribution in [2.75, 3.05) is 0 Å². The molecule has 0 saturated heterocycles. The smallest absolute Gasteiger partial charge is 0.226 e. The highest BCUT2D eigenvalue weighted by Crippen LogP contribution is 2.23. The summed E-state index contributed by atoms with van der Waals surface area (Å²) in [7, 11) is 0. The molecule has 0 amide bonds. The molecule has 0 aliphatic rings. The van der Waals surface area contributed by atoms with Crippen molar-refractivity contribution in [3.8, 4) is 11.3 Å². The molecule has 1 aromatic carbocycles. The number of rotatable bonds is 1. The highest BCUT2D eigenvalue weighted by atomic mass is 35.5. The molecular formula is C9H4ClF2NO. The lowest BCUT2D eigenvalue weighted by atomic mass is 10.1. The van der Waals surface area contributed by atoms with Gasteiger partial charge in [0.2, 0.25) is 5.22 Å². The Morgan fingerprint density at radius 1 is 1.07 bits per heavy atom. The molecule has 5 heteroatoms. The van der Waals surface area contributed by atoms with Gasteiger partial charge in [0.15, 0.2) is 0 Å². The van der Waals surface area contributed by atoms with E-state index in [0.717, 1.165) is 18.2 Å². The largest absolute Gasteiger partial charge is 0.344 e.